The Morgan fingerprint density at radius 2 is 1.95 bits per heavy atom. The van der Waals surface area contributed by atoms with E-state index < -0.39 is 5.92 Å². The lowest BCUT2D eigenvalue weighted by Gasteiger charge is -2.33. The van der Waals surface area contributed by atoms with Crippen molar-refractivity contribution in [2.45, 2.75) is 31.3 Å². The molecule has 5 heteroatoms. The summed E-state index contributed by atoms with van der Waals surface area (Å²) in [6.07, 6.45) is 2.02. The second kappa shape index (κ2) is 5.32. The van der Waals surface area contributed by atoms with Crippen molar-refractivity contribution in [2.75, 3.05) is 6.61 Å². The van der Waals surface area contributed by atoms with Crippen LogP contribution in [0.15, 0.2) is 24.3 Å². The number of piperidine rings is 1. The molecule has 0 aromatic heterocycles. The van der Waals surface area contributed by atoms with Gasteiger partial charge in [0.25, 0.3) is 0 Å². The molecule has 4 nitrogen and oxygen atoms in total. The normalized spacial score (nSPS) is 30.4. The van der Waals surface area contributed by atoms with Gasteiger partial charge in [-0.15, -0.1) is 0 Å². The minimum atomic E-state index is -0.448. The van der Waals surface area contributed by atoms with Crippen molar-refractivity contribution >= 4 is 11.8 Å². The van der Waals surface area contributed by atoms with Gasteiger partial charge in [0, 0.05) is 18.9 Å². The van der Waals surface area contributed by atoms with E-state index in [9.17, 15) is 14.0 Å². The second-order valence-corrected chi connectivity index (χ2v) is 5.36. The number of carbonyl (C=O) groups excluding carboxylic acids is 2. The van der Waals surface area contributed by atoms with Gasteiger partial charge >= 0.3 is 0 Å². The third kappa shape index (κ3) is 2.45. The third-order valence-corrected chi connectivity index (χ3v) is 4.07. The Balaban J connectivity index is 1.92. The van der Waals surface area contributed by atoms with E-state index in [0.29, 0.717) is 6.61 Å². The van der Waals surface area contributed by atoms with E-state index in [4.69, 9.17) is 4.74 Å². The van der Waals surface area contributed by atoms with E-state index in [2.05, 4.69) is 5.32 Å². The highest BCUT2D eigenvalue weighted by molar-refractivity contribution is 6.01. The Bertz CT molecular complexity index is 522. The number of hydrogen-bond acceptors (Lipinski definition) is 3. The van der Waals surface area contributed by atoms with Crippen LogP contribution in [-0.4, -0.2) is 24.5 Å². The van der Waals surface area contributed by atoms with Gasteiger partial charge in [-0.05, 0) is 30.5 Å². The van der Waals surface area contributed by atoms with Crippen LogP contribution in [0.1, 0.15) is 30.7 Å². The van der Waals surface area contributed by atoms with Gasteiger partial charge in [-0.1, -0.05) is 12.1 Å². The zero-order valence-electron chi connectivity index (χ0n) is 11.0. The lowest BCUT2D eigenvalue weighted by Crippen LogP contribution is -2.47. The first-order chi connectivity index (χ1) is 9.65. The van der Waals surface area contributed by atoms with Gasteiger partial charge in [0.2, 0.25) is 11.8 Å². The molecule has 2 amide bonds. The quantitative estimate of drug-likeness (QED) is 0.838. The zero-order valence-corrected chi connectivity index (χ0v) is 11.0. The summed E-state index contributed by atoms with van der Waals surface area (Å²) in [7, 11) is 0. The predicted molar refractivity (Wildman–Crippen MR) is 69.4 cm³/mol. The number of hydrogen-bond donors (Lipinski definition) is 1. The molecule has 0 spiro atoms. The number of nitrogens with one attached hydrogen (secondary N) is 1. The highest BCUT2D eigenvalue weighted by Crippen LogP contribution is 2.37. The number of ether oxygens (including phenoxy) is 1. The minimum Gasteiger partial charge on any atom is -0.378 e. The maximum Gasteiger partial charge on any atom is 0.234 e. The third-order valence-electron chi connectivity index (χ3n) is 4.07. The molecule has 0 bridgehead atoms. The summed E-state index contributed by atoms with van der Waals surface area (Å²) in [4.78, 5) is 23.8. The van der Waals surface area contributed by atoms with Crippen LogP contribution in [0.4, 0.5) is 4.39 Å². The van der Waals surface area contributed by atoms with Gasteiger partial charge in [0.15, 0.2) is 0 Å². The molecule has 3 atom stereocenters. The fourth-order valence-corrected chi connectivity index (χ4v) is 3.15. The molecule has 0 aliphatic carbocycles. The summed E-state index contributed by atoms with van der Waals surface area (Å²) in [6.45, 7) is 0.674. The average molecular weight is 277 g/mol. The molecular formula is C15H16FNO3. The number of carbonyl (C=O) groups is 2. The molecule has 2 heterocycles. The molecule has 20 heavy (non-hydrogen) atoms. The smallest absolute Gasteiger partial charge is 0.234 e. The Hall–Kier alpha value is -1.75. The second-order valence-electron chi connectivity index (χ2n) is 5.36. The van der Waals surface area contributed by atoms with Gasteiger partial charge in [0.05, 0.1) is 12.0 Å². The molecule has 2 saturated heterocycles. The maximum atomic E-state index is 13.0. The van der Waals surface area contributed by atoms with Crippen LogP contribution in [0.5, 0.6) is 0 Å². The van der Waals surface area contributed by atoms with Crippen LogP contribution in [-0.2, 0) is 14.3 Å². The molecule has 1 N–H and O–H groups in total. The van der Waals surface area contributed by atoms with Crippen LogP contribution in [0.2, 0.25) is 0 Å². The highest BCUT2D eigenvalue weighted by Gasteiger charge is 2.42. The summed E-state index contributed by atoms with van der Waals surface area (Å²) in [5.41, 5.74) is 0.733. The van der Waals surface area contributed by atoms with Gasteiger partial charge < -0.3 is 4.74 Å². The van der Waals surface area contributed by atoms with E-state index >= 15 is 0 Å². The number of benzene rings is 1. The fourth-order valence-electron chi connectivity index (χ4n) is 3.15. The first-order valence-electron chi connectivity index (χ1n) is 6.86. The standard InChI is InChI=1S/C15H16FNO3/c16-10-5-3-9(4-6-10)14-11(12-2-1-7-20-12)8-13(18)17-15(14)19/h3-6,11-12,14H,1-2,7-8H2,(H,17,18,19). The van der Waals surface area contributed by atoms with Gasteiger partial charge in [-0.25, -0.2) is 4.39 Å². The van der Waals surface area contributed by atoms with E-state index in [1.165, 1.54) is 12.1 Å². The van der Waals surface area contributed by atoms with Crippen molar-refractivity contribution < 1.29 is 18.7 Å². The Labute approximate surface area is 116 Å². The molecule has 3 rings (SSSR count). The van der Waals surface area contributed by atoms with Crippen LogP contribution in [0.3, 0.4) is 0 Å². The largest absolute Gasteiger partial charge is 0.378 e. The van der Waals surface area contributed by atoms with Crippen molar-refractivity contribution in [2.24, 2.45) is 5.92 Å². The van der Waals surface area contributed by atoms with E-state index in [-0.39, 0.29) is 36.1 Å². The number of amides is 2. The minimum absolute atomic E-state index is 0.0694. The average Bonchev–Trinajstić information content (AvgIpc) is 2.93. The zero-order chi connectivity index (χ0) is 14.1. The van der Waals surface area contributed by atoms with E-state index in [0.717, 1.165) is 18.4 Å². The first-order valence-corrected chi connectivity index (χ1v) is 6.86. The number of halogens is 1. The Kier molecular flexibility index (Phi) is 3.53. The van der Waals surface area contributed by atoms with Crippen molar-refractivity contribution in [3.05, 3.63) is 35.6 Å². The van der Waals surface area contributed by atoms with Crippen LogP contribution >= 0.6 is 0 Å². The maximum absolute atomic E-state index is 13.0. The van der Waals surface area contributed by atoms with E-state index in [1.54, 1.807) is 12.1 Å². The van der Waals surface area contributed by atoms with E-state index in [1.807, 2.05) is 0 Å². The summed E-state index contributed by atoms with van der Waals surface area (Å²) in [6, 6.07) is 5.89. The number of rotatable bonds is 2. The lowest BCUT2D eigenvalue weighted by atomic mass is 9.76. The number of imide groups is 1. The van der Waals surface area contributed by atoms with Crippen molar-refractivity contribution in [1.29, 1.82) is 0 Å². The Morgan fingerprint density at radius 3 is 2.60 bits per heavy atom. The molecule has 0 saturated carbocycles. The first kappa shape index (κ1) is 13.2. The molecule has 1 aromatic rings. The van der Waals surface area contributed by atoms with Crippen molar-refractivity contribution in [3.63, 3.8) is 0 Å². The monoisotopic (exact) mass is 277 g/mol. The molecule has 0 radical (unpaired) electrons. The summed E-state index contributed by atoms with van der Waals surface area (Å²) >= 11 is 0. The van der Waals surface area contributed by atoms with Crippen LogP contribution in [0, 0.1) is 11.7 Å². The summed E-state index contributed by atoms with van der Waals surface area (Å²) in [5, 5.41) is 2.37. The van der Waals surface area contributed by atoms with Gasteiger partial charge in [-0.3, -0.25) is 14.9 Å². The summed E-state index contributed by atoms with van der Waals surface area (Å²) in [5.74, 6) is -1.52. The van der Waals surface area contributed by atoms with Crippen molar-refractivity contribution in [1.82, 2.24) is 5.32 Å². The van der Waals surface area contributed by atoms with Gasteiger partial charge in [0.1, 0.15) is 5.82 Å². The molecule has 2 fully saturated rings. The lowest BCUT2D eigenvalue weighted by molar-refractivity contribution is -0.138. The van der Waals surface area contributed by atoms with Crippen molar-refractivity contribution in [3.8, 4) is 0 Å². The summed E-state index contributed by atoms with van der Waals surface area (Å²) < 4.78 is 18.7. The fraction of sp³-hybridized carbons (Fsp3) is 0.467. The predicted octanol–water partition coefficient (Wildman–Crippen LogP) is 1.75. The van der Waals surface area contributed by atoms with Crippen LogP contribution < -0.4 is 5.32 Å². The Morgan fingerprint density at radius 1 is 1.20 bits per heavy atom. The molecule has 3 unspecified atom stereocenters. The molecule has 2 aliphatic rings. The van der Waals surface area contributed by atoms with Gasteiger partial charge in [-0.2, -0.15) is 0 Å². The molecular weight excluding hydrogens is 261 g/mol. The molecule has 106 valence electrons. The molecule has 2 aliphatic heterocycles. The SMILES string of the molecule is O=C1CC(C2CCCO2)C(c2ccc(F)cc2)C(=O)N1. The van der Waals surface area contributed by atoms with Crippen LogP contribution in [0.25, 0.3) is 0 Å². The molecule has 1 aromatic carbocycles. The topological polar surface area (TPSA) is 55.4 Å². The highest BCUT2D eigenvalue weighted by atomic mass is 19.1.